The molecular formula is C13H19N3O2S. The number of aromatic nitrogens is 1. The van der Waals surface area contributed by atoms with Gasteiger partial charge < -0.3 is 5.32 Å². The summed E-state index contributed by atoms with van der Waals surface area (Å²) < 4.78 is 0. The van der Waals surface area contributed by atoms with Gasteiger partial charge in [-0.1, -0.05) is 19.3 Å². The van der Waals surface area contributed by atoms with Crippen LogP contribution in [-0.4, -0.2) is 21.7 Å². The molecule has 0 saturated heterocycles. The number of pyridine rings is 1. The molecule has 0 amide bonds. The van der Waals surface area contributed by atoms with Crippen LogP contribution >= 0.6 is 11.8 Å². The summed E-state index contributed by atoms with van der Waals surface area (Å²) in [5.74, 6) is 0.593. The van der Waals surface area contributed by atoms with E-state index in [-0.39, 0.29) is 10.6 Å². The van der Waals surface area contributed by atoms with Crippen LogP contribution in [0.15, 0.2) is 17.2 Å². The summed E-state index contributed by atoms with van der Waals surface area (Å²) in [6.07, 6.45) is 6.19. The molecule has 0 aliphatic heterocycles. The Morgan fingerprint density at radius 2 is 2.16 bits per heavy atom. The third-order valence-electron chi connectivity index (χ3n) is 3.19. The summed E-state index contributed by atoms with van der Waals surface area (Å²) in [5.41, 5.74) is 0.115. The van der Waals surface area contributed by atoms with Gasteiger partial charge in [0.05, 0.1) is 11.0 Å². The van der Waals surface area contributed by atoms with Crippen molar-refractivity contribution >= 4 is 23.3 Å². The maximum atomic E-state index is 10.9. The van der Waals surface area contributed by atoms with Crippen LogP contribution in [0.1, 0.15) is 39.0 Å². The Bertz CT molecular complexity index is 448. The van der Waals surface area contributed by atoms with Gasteiger partial charge in [0, 0.05) is 17.9 Å². The minimum Gasteiger partial charge on any atom is -0.370 e. The van der Waals surface area contributed by atoms with Gasteiger partial charge in [-0.15, -0.1) is 11.8 Å². The average Bonchev–Trinajstić information content (AvgIpc) is 2.40. The van der Waals surface area contributed by atoms with Crippen LogP contribution in [0.25, 0.3) is 0 Å². The zero-order valence-corrected chi connectivity index (χ0v) is 11.9. The summed E-state index contributed by atoms with van der Waals surface area (Å²) >= 11 is 1.68. The van der Waals surface area contributed by atoms with E-state index in [1.807, 2.05) is 6.92 Å². The zero-order valence-electron chi connectivity index (χ0n) is 11.1. The first-order valence-electron chi connectivity index (χ1n) is 6.76. The second-order valence-corrected chi connectivity index (χ2v) is 6.03. The fourth-order valence-electron chi connectivity index (χ4n) is 2.28. The monoisotopic (exact) mass is 281 g/mol. The van der Waals surface area contributed by atoms with Crippen molar-refractivity contribution in [3.63, 3.8) is 0 Å². The van der Waals surface area contributed by atoms with Gasteiger partial charge in [0.1, 0.15) is 10.8 Å². The van der Waals surface area contributed by atoms with Crippen LogP contribution < -0.4 is 5.32 Å². The first-order chi connectivity index (χ1) is 9.19. The average molecular weight is 281 g/mol. The molecule has 1 aromatic heterocycles. The predicted octanol–water partition coefficient (Wildman–Crippen LogP) is 3.85. The first kappa shape index (κ1) is 14.1. The molecule has 5 nitrogen and oxygen atoms in total. The summed E-state index contributed by atoms with van der Waals surface area (Å²) in [4.78, 5) is 15.0. The number of nitrogens with zero attached hydrogens (tertiary/aromatic N) is 2. The SMILES string of the molecule is CCNc1cc([N+](=O)[O-])cc(SC2CCCCC2)n1. The smallest absolute Gasteiger partial charge is 0.275 e. The minimum absolute atomic E-state index is 0.115. The van der Waals surface area contributed by atoms with E-state index >= 15 is 0 Å². The van der Waals surface area contributed by atoms with Crippen LogP contribution in [-0.2, 0) is 0 Å². The molecule has 0 unspecified atom stereocenters. The molecule has 6 heteroatoms. The number of rotatable bonds is 5. The zero-order chi connectivity index (χ0) is 13.7. The van der Waals surface area contributed by atoms with Gasteiger partial charge in [0.15, 0.2) is 0 Å². The fourth-order valence-corrected chi connectivity index (χ4v) is 3.53. The van der Waals surface area contributed by atoms with E-state index in [1.54, 1.807) is 17.8 Å². The lowest BCUT2D eigenvalue weighted by molar-refractivity contribution is -0.385. The predicted molar refractivity (Wildman–Crippen MR) is 77.8 cm³/mol. The summed E-state index contributed by atoms with van der Waals surface area (Å²) in [6, 6.07) is 3.08. The molecule has 1 aliphatic rings. The van der Waals surface area contributed by atoms with Crippen molar-refractivity contribution in [3.8, 4) is 0 Å². The Labute approximate surface area is 117 Å². The highest BCUT2D eigenvalue weighted by Gasteiger charge is 2.18. The largest absolute Gasteiger partial charge is 0.370 e. The Hall–Kier alpha value is -1.30. The van der Waals surface area contributed by atoms with Gasteiger partial charge >= 0.3 is 0 Å². The second kappa shape index (κ2) is 6.75. The van der Waals surface area contributed by atoms with Crippen LogP contribution in [0, 0.1) is 10.1 Å². The highest BCUT2D eigenvalue weighted by atomic mass is 32.2. The van der Waals surface area contributed by atoms with Crippen molar-refractivity contribution in [2.24, 2.45) is 0 Å². The Morgan fingerprint density at radius 3 is 2.79 bits per heavy atom. The second-order valence-electron chi connectivity index (χ2n) is 4.71. The molecule has 0 atom stereocenters. The van der Waals surface area contributed by atoms with Crippen LogP contribution in [0.3, 0.4) is 0 Å². The molecule has 1 aromatic rings. The topological polar surface area (TPSA) is 68.1 Å². The van der Waals surface area contributed by atoms with E-state index in [0.29, 0.717) is 17.6 Å². The van der Waals surface area contributed by atoms with Crippen LogP contribution in [0.4, 0.5) is 11.5 Å². The summed E-state index contributed by atoms with van der Waals surface area (Å²) in [6.45, 7) is 2.66. The van der Waals surface area contributed by atoms with Crippen LogP contribution in [0.5, 0.6) is 0 Å². The molecule has 0 aromatic carbocycles. The third kappa shape index (κ3) is 4.09. The Morgan fingerprint density at radius 1 is 1.42 bits per heavy atom. The van der Waals surface area contributed by atoms with Gasteiger partial charge in [-0.25, -0.2) is 4.98 Å². The number of nitrogens with one attached hydrogen (secondary N) is 1. The van der Waals surface area contributed by atoms with Gasteiger partial charge in [0.25, 0.3) is 5.69 Å². The molecular weight excluding hydrogens is 262 g/mol. The van der Waals surface area contributed by atoms with E-state index in [1.165, 1.54) is 38.2 Å². The van der Waals surface area contributed by atoms with Crippen molar-refractivity contribution in [1.82, 2.24) is 4.98 Å². The number of hydrogen-bond acceptors (Lipinski definition) is 5. The Balaban J connectivity index is 2.15. The molecule has 1 aliphatic carbocycles. The molecule has 19 heavy (non-hydrogen) atoms. The molecule has 0 spiro atoms. The summed E-state index contributed by atoms with van der Waals surface area (Å²) in [7, 11) is 0. The van der Waals surface area contributed by atoms with E-state index in [2.05, 4.69) is 10.3 Å². The van der Waals surface area contributed by atoms with Crippen molar-refractivity contribution < 1.29 is 4.92 Å². The van der Waals surface area contributed by atoms with Gasteiger partial charge in [-0.2, -0.15) is 0 Å². The lowest BCUT2D eigenvalue weighted by Gasteiger charge is -2.20. The highest BCUT2D eigenvalue weighted by Crippen LogP contribution is 2.34. The van der Waals surface area contributed by atoms with E-state index in [9.17, 15) is 10.1 Å². The third-order valence-corrected chi connectivity index (χ3v) is 4.45. The van der Waals surface area contributed by atoms with Gasteiger partial charge in [0.2, 0.25) is 0 Å². The lowest BCUT2D eigenvalue weighted by atomic mass is 10.0. The lowest BCUT2D eigenvalue weighted by Crippen LogP contribution is -2.09. The number of nitro groups is 1. The highest BCUT2D eigenvalue weighted by molar-refractivity contribution is 7.99. The molecule has 1 heterocycles. The maximum Gasteiger partial charge on any atom is 0.275 e. The van der Waals surface area contributed by atoms with Gasteiger partial charge in [-0.3, -0.25) is 10.1 Å². The molecule has 2 rings (SSSR count). The van der Waals surface area contributed by atoms with Crippen molar-refractivity contribution in [2.45, 2.75) is 49.3 Å². The minimum atomic E-state index is -0.354. The molecule has 0 radical (unpaired) electrons. The number of thioether (sulfide) groups is 1. The number of anilines is 1. The van der Waals surface area contributed by atoms with E-state index in [4.69, 9.17) is 0 Å². The molecule has 104 valence electrons. The van der Waals surface area contributed by atoms with Crippen molar-refractivity contribution in [1.29, 1.82) is 0 Å². The molecule has 1 N–H and O–H groups in total. The molecule has 1 fully saturated rings. The van der Waals surface area contributed by atoms with E-state index < -0.39 is 0 Å². The normalized spacial score (nSPS) is 16.3. The fraction of sp³-hybridized carbons (Fsp3) is 0.615. The maximum absolute atomic E-state index is 10.9. The molecule has 0 bridgehead atoms. The van der Waals surface area contributed by atoms with Crippen molar-refractivity contribution in [3.05, 3.63) is 22.2 Å². The van der Waals surface area contributed by atoms with Crippen LogP contribution in [0.2, 0.25) is 0 Å². The van der Waals surface area contributed by atoms with Crippen molar-refractivity contribution in [2.75, 3.05) is 11.9 Å². The summed E-state index contributed by atoms with van der Waals surface area (Å²) in [5, 5.41) is 15.3. The van der Waals surface area contributed by atoms with Gasteiger partial charge in [-0.05, 0) is 19.8 Å². The molecule has 1 saturated carbocycles. The Kier molecular flexibility index (Phi) is 5.01. The first-order valence-corrected chi connectivity index (χ1v) is 7.64. The van der Waals surface area contributed by atoms with E-state index in [0.717, 1.165) is 5.03 Å². The number of hydrogen-bond donors (Lipinski definition) is 1. The quantitative estimate of drug-likeness (QED) is 0.656. The standard InChI is InChI=1S/C13H19N3O2S/c1-2-14-12-8-10(16(17)18)9-13(15-12)19-11-6-4-3-5-7-11/h8-9,11H,2-7H2,1H3,(H,14,15).